The molecule has 2 atom stereocenters. The molecule has 0 aromatic rings. The minimum absolute atomic E-state index is 0.429. The van der Waals surface area contributed by atoms with Crippen molar-refractivity contribution in [3.05, 3.63) is 0 Å². The van der Waals surface area contributed by atoms with Crippen LogP contribution in [0.3, 0.4) is 0 Å². The molecule has 2 saturated carbocycles. The minimum atomic E-state index is 0.429. The van der Waals surface area contributed by atoms with E-state index in [-0.39, 0.29) is 0 Å². The standard InChI is InChI=1S/C13H22O/c1-10(11-6-3-2-4-7-11)12-8-5-9-13(12)14/h10-12H,2-9H2,1H3. The van der Waals surface area contributed by atoms with Gasteiger partial charge < -0.3 is 0 Å². The van der Waals surface area contributed by atoms with Crippen molar-refractivity contribution in [1.82, 2.24) is 0 Å². The number of carbonyl (C=O) groups excluding carboxylic acids is 1. The van der Waals surface area contributed by atoms with Crippen molar-refractivity contribution in [1.29, 1.82) is 0 Å². The minimum Gasteiger partial charge on any atom is -0.299 e. The molecule has 0 saturated heterocycles. The summed E-state index contributed by atoms with van der Waals surface area (Å²) in [7, 11) is 0. The summed E-state index contributed by atoms with van der Waals surface area (Å²) in [5.41, 5.74) is 0. The molecule has 1 nitrogen and oxygen atoms in total. The number of Topliss-reactive ketones (excluding diaryl/α,β-unsaturated/α-hetero) is 1. The Bertz CT molecular complexity index is 203. The molecule has 2 unspecified atom stereocenters. The number of hydrogen-bond donors (Lipinski definition) is 0. The van der Waals surface area contributed by atoms with Crippen LogP contribution < -0.4 is 0 Å². The molecule has 0 heterocycles. The number of ketones is 1. The highest BCUT2D eigenvalue weighted by molar-refractivity contribution is 5.83. The molecule has 2 rings (SSSR count). The molecule has 2 fully saturated rings. The van der Waals surface area contributed by atoms with E-state index in [0.717, 1.165) is 18.8 Å². The van der Waals surface area contributed by atoms with Crippen LogP contribution in [0.5, 0.6) is 0 Å². The molecule has 1 heteroatoms. The fourth-order valence-corrected chi connectivity index (χ4v) is 3.39. The van der Waals surface area contributed by atoms with E-state index in [1.807, 2.05) is 0 Å². The summed E-state index contributed by atoms with van der Waals surface area (Å²) in [6, 6.07) is 0. The molecular formula is C13H22O. The predicted octanol–water partition coefficient (Wildman–Crippen LogP) is 3.57. The Kier molecular flexibility index (Phi) is 3.25. The second-order valence-electron chi connectivity index (χ2n) is 5.22. The average Bonchev–Trinajstić information content (AvgIpc) is 2.65. The van der Waals surface area contributed by atoms with E-state index in [1.165, 1.54) is 38.5 Å². The first-order valence-electron chi connectivity index (χ1n) is 6.32. The SMILES string of the molecule is CC(C1CCCCC1)C1CCCC1=O. The quantitative estimate of drug-likeness (QED) is 0.656. The van der Waals surface area contributed by atoms with E-state index in [0.29, 0.717) is 17.6 Å². The van der Waals surface area contributed by atoms with Crippen LogP contribution in [0, 0.1) is 17.8 Å². The van der Waals surface area contributed by atoms with Gasteiger partial charge in [0, 0.05) is 12.3 Å². The van der Waals surface area contributed by atoms with Gasteiger partial charge in [0.25, 0.3) is 0 Å². The lowest BCUT2D eigenvalue weighted by Crippen LogP contribution is -2.25. The van der Waals surface area contributed by atoms with Crippen LogP contribution >= 0.6 is 0 Å². The van der Waals surface area contributed by atoms with Gasteiger partial charge in [-0.2, -0.15) is 0 Å². The first-order chi connectivity index (χ1) is 6.79. The maximum absolute atomic E-state index is 11.7. The fraction of sp³-hybridized carbons (Fsp3) is 0.923. The Morgan fingerprint density at radius 1 is 1.07 bits per heavy atom. The molecule has 0 N–H and O–H groups in total. The van der Waals surface area contributed by atoms with Gasteiger partial charge in [-0.15, -0.1) is 0 Å². The van der Waals surface area contributed by atoms with Crippen LogP contribution in [0.15, 0.2) is 0 Å². The van der Waals surface area contributed by atoms with Crippen molar-refractivity contribution in [2.75, 3.05) is 0 Å². The zero-order valence-electron chi connectivity index (χ0n) is 9.30. The molecule has 0 amide bonds. The molecule has 80 valence electrons. The van der Waals surface area contributed by atoms with Crippen LogP contribution in [0.4, 0.5) is 0 Å². The molecule has 0 aliphatic heterocycles. The van der Waals surface area contributed by atoms with Crippen molar-refractivity contribution in [2.45, 2.75) is 58.3 Å². The number of rotatable bonds is 2. The average molecular weight is 194 g/mol. The summed E-state index contributed by atoms with van der Waals surface area (Å²) in [6.45, 7) is 2.32. The van der Waals surface area contributed by atoms with Gasteiger partial charge in [0.15, 0.2) is 0 Å². The first kappa shape index (κ1) is 10.2. The highest BCUT2D eigenvalue weighted by Gasteiger charge is 2.33. The summed E-state index contributed by atoms with van der Waals surface area (Å²) in [5.74, 6) is 2.52. The Labute approximate surface area is 87.3 Å². The first-order valence-corrected chi connectivity index (χ1v) is 6.32. The van der Waals surface area contributed by atoms with E-state index >= 15 is 0 Å². The highest BCUT2D eigenvalue weighted by atomic mass is 16.1. The van der Waals surface area contributed by atoms with Crippen molar-refractivity contribution < 1.29 is 4.79 Å². The van der Waals surface area contributed by atoms with Crippen LogP contribution in [-0.2, 0) is 4.79 Å². The van der Waals surface area contributed by atoms with E-state index in [2.05, 4.69) is 6.92 Å². The Hall–Kier alpha value is -0.330. The zero-order valence-corrected chi connectivity index (χ0v) is 9.30. The van der Waals surface area contributed by atoms with Gasteiger partial charge in [0.05, 0.1) is 0 Å². The lowest BCUT2D eigenvalue weighted by molar-refractivity contribution is -0.122. The van der Waals surface area contributed by atoms with Crippen molar-refractivity contribution in [3.8, 4) is 0 Å². The second-order valence-corrected chi connectivity index (χ2v) is 5.22. The smallest absolute Gasteiger partial charge is 0.136 e. The molecule has 0 radical (unpaired) electrons. The van der Waals surface area contributed by atoms with Gasteiger partial charge >= 0.3 is 0 Å². The lowest BCUT2D eigenvalue weighted by atomic mass is 9.74. The Morgan fingerprint density at radius 3 is 2.36 bits per heavy atom. The predicted molar refractivity (Wildman–Crippen MR) is 58.1 cm³/mol. The highest BCUT2D eigenvalue weighted by Crippen LogP contribution is 2.38. The maximum Gasteiger partial charge on any atom is 0.136 e. The van der Waals surface area contributed by atoms with E-state index in [9.17, 15) is 4.79 Å². The Balaban J connectivity index is 1.92. The largest absolute Gasteiger partial charge is 0.299 e. The van der Waals surface area contributed by atoms with Gasteiger partial charge in [-0.3, -0.25) is 4.79 Å². The molecule has 2 aliphatic carbocycles. The molecule has 0 aromatic carbocycles. The molecule has 2 aliphatic rings. The lowest BCUT2D eigenvalue weighted by Gasteiger charge is -2.30. The van der Waals surface area contributed by atoms with Gasteiger partial charge in [0.2, 0.25) is 0 Å². The Morgan fingerprint density at radius 2 is 1.79 bits per heavy atom. The van der Waals surface area contributed by atoms with Crippen LogP contribution in [0.2, 0.25) is 0 Å². The molecular weight excluding hydrogens is 172 g/mol. The summed E-state index contributed by atoms with van der Waals surface area (Å²) < 4.78 is 0. The monoisotopic (exact) mass is 194 g/mol. The summed E-state index contributed by atoms with van der Waals surface area (Å²) in [6.07, 6.45) is 10.2. The van der Waals surface area contributed by atoms with Crippen LogP contribution in [0.25, 0.3) is 0 Å². The van der Waals surface area contributed by atoms with Gasteiger partial charge in [-0.05, 0) is 24.7 Å². The van der Waals surface area contributed by atoms with Gasteiger partial charge in [-0.1, -0.05) is 39.0 Å². The van der Waals surface area contributed by atoms with Crippen molar-refractivity contribution in [3.63, 3.8) is 0 Å². The van der Waals surface area contributed by atoms with Crippen LogP contribution in [-0.4, -0.2) is 5.78 Å². The summed E-state index contributed by atoms with van der Waals surface area (Å²) >= 11 is 0. The third kappa shape index (κ3) is 2.02. The second kappa shape index (κ2) is 4.46. The topological polar surface area (TPSA) is 17.1 Å². The third-order valence-corrected chi connectivity index (χ3v) is 4.38. The number of hydrogen-bond acceptors (Lipinski definition) is 1. The normalized spacial score (nSPS) is 32.1. The van der Waals surface area contributed by atoms with Gasteiger partial charge in [-0.25, -0.2) is 0 Å². The van der Waals surface area contributed by atoms with Crippen molar-refractivity contribution >= 4 is 5.78 Å². The number of carbonyl (C=O) groups is 1. The zero-order chi connectivity index (χ0) is 9.97. The molecule has 0 bridgehead atoms. The fourth-order valence-electron chi connectivity index (χ4n) is 3.39. The van der Waals surface area contributed by atoms with E-state index < -0.39 is 0 Å². The maximum atomic E-state index is 11.7. The molecule has 0 spiro atoms. The summed E-state index contributed by atoms with van der Waals surface area (Å²) in [4.78, 5) is 11.7. The third-order valence-electron chi connectivity index (χ3n) is 4.38. The summed E-state index contributed by atoms with van der Waals surface area (Å²) in [5, 5.41) is 0. The van der Waals surface area contributed by atoms with Gasteiger partial charge in [0.1, 0.15) is 5.78 Å². The molecule has 14 heavy (non-hydrogen) atoms. The van der Waals surface area contributed by atoms with E-state index in [1.54, 1.807) is 0 Å². The van der Waals surface area contributed by atoms with E-state index in [4.69, 9.17) is 0 Å². The van der Waals surface area contributed by atoms with Crippen molar-refractivity contribution in [2.24, 2.45) is 17.8 Å². The molecule has 0 aromatic heterocycles. The van der Waals surface area contributed by atoms with Crippen LogP contribution in [0.1, 0.15) is 58.3 Å².